The molecule has 0 unspecified atom stereocenters. The van der Waals surface area contributed by atoms with Crippen molar-refractivity contribution in [2.45, 2.75) is 117 Å². The highest BCUT2D eigenvalue weighted by Gasteiger charge is 2.09. The third-order valence-corrected chi connectivity index (χ3v) is 5.98. The van der Waals surface area contributed by atoms with Gasteiger partial charge in [0.1, 0.15) is 0 Å². The predicted octanol–water partition coefficient (Wildman–Crippen LogP) is 7.17. The molecular weight excluding hydrogens is 344 g/mol. The molecule has 0 aliphatic heterocycles. The fourth-order valence-electron chi connectivity index (χ4n) is 2.92. The Hall–Kier alpha value is -0.350. The molecule has 0 N–H and O–H groups in total. The first-order valence-corrected chi connectivity index (χ1v) is 12.7. The maximum absolute atomic E-state index is 11.5. The van der Waals surface area contributed by atoms with Crippen LogP contribution in [-0.4, -0.2) is 20.8 Å². The van der Waals surface area contributed by atoms with E-state index in [0.29, 0.717) is 13.0 Å². The van der Waals surface area contributed by atoms with Gasteiger partial charge in [0.15, 0.2) is 0 Å². The van der Waals surface area contributed by atoms with Gasteiger partial charge in [0.25, 0.3) is 10.1 Å². The van der Waals surface area contributed by atoms with Crippen LogP contribution in [0.25, 0.3) is 0 Å². The summed E-state index contributed by atoms with van der Waals surface area (Å²) in [5.74, 6) is 0.163. The highest BCUT2D eigenvalue weighted by Crippen LogP contribution is 2.10. The standard InChI is InChI=1S/C22H44O3S/c1-3-5-7-8-9-10-11-12-13-14-15-16-17-18-19-20-21-25-26(23,24)22-6-4-2/h12-13H,3-11,14-22H2,1-2H3/b13-12-. The molecule has 0 saturated heterocycles. The summed E-state index contributed by atoms with van der Waals surface area (Å²) in [6.45, 7) is 4.60. The van der Waals surface area contributed by atoms with Crippen LogP contribution >= 0.6 is 0 Å². The van der Waals surface area contributed by atoms with Gasteiger partial charge in [-0.3, -0.25) is 4.18 Å². The van der Waals surface area contributed by atoms with Gasteiger partial charge in [-0.25, -0.2) is 0 Å². The summed E-state index contributed by atoms with van der Waals surface area (Å²) in [7, 11) is -3.27. The Kier molecular flexibility index (Phi) is 19.2. The zero-order valence-electron chi connectivity index (χ0n) is 17.5. The van der Waals surface area contributed by atoms with Crippen molar-refractivity contribution < 1.29 is 12.6 Å². The minimum atomic E-state index is -3.27. The van der Waals surface area contributed by atoms with Crippen LogP contribution in [0.1, 0.15) is 117 Å². The average molecular weight is 389 g/mol. The second-order valence-corrected chi connectivity index (χ2v) is 9.13. The van der Waals surface area contributed by atoms with Crippen LogP contribution in [0.4, 0.5) is 0 Å². The number of hydrogen-bond donors (Lipinski definition) is 0. The molecule has 0 fully saturated rings. The first-order valence-electron chi connectivity index (χ1n) is 11.1. The minimum absolute atomic E-state index is 0.163. The van der Waals surface area contributed by atoms with Crippen LogP contribution in [0.2, 0.25) is 0 Å². The van der Waals surface area contributed by atoms with Crippen LogP contribution < -0.4 is 0 Å². The molecule has 0 aromatic carbocycles. The molecule has 156 valence electrons. The third kappa shape index (κ3) is 20.0. The van der Waals surface area contributed by atoms with Crippen LogP contribution in [-0.2, 0) is 14.3 Å². The fraction of sp³-hybridized carbons (Fsp3) is 0.909. The highest BCUT2D eigenvalue weighted by atomic mass is 32.2. The van der Waals surface area contributed by atoms with Crippen molar-refractivity contribution in [3.8, 4) is 0 Å². The molecular formula is C22H44O3S. The predicted molar refractivity (Wildman–Crippen MR) is 114 cm³/mol. The van der Waals surface area contributed by atoms with Crippen molar-refractivity contribution in [2.24, 2.45) is 0 Å². The molecule has 4 heteroatoms. The van der Waals surface area contributed by atoms with E-state index in [-0.39, 0.29) is 5.75 Å². The number of hydrogen-bond acceptors (Lipinski definition) is 3. The first-order chi connectivity index (χ1) is 12.6. The molecule has 0 aromatic rings. The van der Waals surface area contributed by atoms with Crippen molar-refractivity contribution >= 4 is 10.1 Å². The van der Waals surface area contributed by atoms with Crippen molar-refractivity contribution in [1.82, 2.24) is 0 Å². The smallest absolute Gasteiger partial charge is 0.267 e. The fourth-order valence-corrected chi connectivity index (χ4v) is 4.05. The Bertz CT molecular complexity index is 402. The van der Waals surface area contributed by atoms with Gasteiger partial charge in [0, 0.05) is 0 Å². The van der Waals surface area contributed by atoms with E-state index in [1.807, 2.05) is 6.92 Å². The van der Waals surface area contributed by atoms with Gasteiger partial charge in [-0.1, -0.05) is 90.2 Å². The molecule has 0 saturated carbocycles. The molecule has 3 nitrogen and oxygen atoms in total. The number of rotatable bonds is 20. The number of unbranched alkanes of at least 4 members (excludes halogenated alkanes) is 13. The van der Waals surface area contributed by atoms with Crippen molar-refractivity contribution in [3.63, 3.8) is 0 Å². The van der Waals surface area contributed by atoms with E-state index in [1.165, 1.54) is 77.0 Å². The second kappa shape index (κ2) is 19.4. The Morgan fingerprint density at radius 1 is 0.615 bits per heavy atom. The molecule has 0 amide bonds. The zero-order valence-corrected chi connectivity index (χ0v) is 18.3. The lowest BCUT2D eigenvalue weighted by atomic mass is 10.1. The maximum atomic E-state index is 11.5. The molecule has 0 rings (SSSR count). The van der Waals surface area contributed by atoms with Gasteiger partial charge in [0.05, 0.1) is 12.4 Å². The summed E-state index contributed by atoms with van der Waals surface area (Å²) in [6.07, 6.45) is 23.9. The van der Waals surface area contributed by atoms with E-state index in [9.17, 15) is 8.42 Å². The largest absolute Gasteiger partial charge is 0.270 e. The third-order valence-electron chi connectivity index (χ3n) is 4.67. The summed E-state index contributed by atoms with van der Waals surface area (Å²) in [6, 6.07) is 0. The topological polar surface area (TPSA) is 43.4 Å². The van der Waals surface area contributed by atoms with Gasteiger partial charge in [-0.2, -0.15) is 8.42 Å². The molecule has 0 aromatic heterocycles. The highest BCUT2D eigenvalue weighted by molar-refractivity contribution is 7.86. The maximum Gasteiger partial charge on any atom is 0.267 e. The Labute approximate surface area is 164 Å². The Balaban J connectivity index is 3.25. The van der Waals surface area contributed by atoms with Gasteiger partial charge in [0.2, 0.25) is 0 Å². The van der Waals surface area contributed by atoms with E-state index >= 15 is 0 Å². The van der Waals surface area contributed by atoms with Gasteiger partial charge in [-0.15, -0.1) is 0 Å². The zero-order chi connectivity index (χ0) is 19.3. The number of allylic oxidation sites excluding steroid dienone is 2. The summed E-state index contributed by atoms with van der Waals surface area (Å²) in [5, 5.41) is 0. The molecule has 0 atom stereocenters. The lowest BCUT2D eigenvalue weighted by Crippen LogP contribution is -2.11. The van der Waals surface area contributed by atoms with Gasteiger partial charge < -0.3 is 0 Å². The van der Waals surface area contributed by atoms with Gasteiger partial charge >= 0.3 is 0 Å². The molecule has 0 heterocycles. The van der Waals surface area contributed by atoms with Crippen molar-refractivity contribution in [3.05, 3.63) is 12.2 Å². The normalized spacial score (nSPS) is 12.2. The summed E-state index contributed by atoms with van der Waals surface area (Å²) >= 11 is 0. The summed E-state index contributed by atoms with van der Waals surface area (Å²) in [5.41, 5.74) is 0. The lowest BCUT2D eigenvalue weighted by molar-refractivity contribution is 0.305. The van der Waals surface area contributed by atoms with E-state index in [4.69, 9.17) is 4.18 Å². The van der Waals surface area contributed by atoms with E-state index in [1.54, 1.807) is 0 Å². The molecule has 0 radical (unpaired) electrons. The molecule has 0 bridgehead atoms. The Morgan fingerprint density at radius 3 is 1.62 bits per heavy atom. The van der Waals surface area contributed by atoms with E-state index in [2.05, 4.69) is 19.1 Å². The van der Waals surface area contributed by atoms with Crippen molar-refractivity contribution in [1.29, 1.82) is 0 Å². The van der Waals surface area contributed by atoms with Gasteiger partial charge in [-0.05, 0) is 38.5 Å². The average Bonchev–Trinajstić information content (AvgIpc) is 2.62. The van der Waals surface area contributed by atoms with Crippen LogP contribution in [0.5, 0.6) is 0 Å². The quantitative estimate of drug-likeness (QED) is 0.126. The Morgan fingerprint density at radius 2 is 1.08 bits per heavy atom. The lowest BCUT2D eigenvalue weighted by Gasteiger charge is -2.05. The summed E-state index contributed by atoms with van der Waals surface area (Å²) in [4.78, 5) is 0. The first kappa shape index (κ1) is 25.6. The second-order valence-electron chi connectivity index (χ2n) is 7.38. The molecule has 0 spiro atoms. The molecule has 26 heavy (non-hydrogen) atoms. The molecule has 0 aliphatic carbocycles. The van der Waals surface area contributed by atoms with Crippen LogP contribution in [0, 0.1) is 0 Å². The van der Waals surface area contributed by atoms with Crippen molar-refractivity contribution in [2.75, 3.05) is 12.4 Å². The molecule has 0 aliphatic rings. The van der Waals surface area contributed by atoms with E-state index in [0.717, 1.165) is 19.3 Å². The summed E-state index contributed by atoms with van der Waals surface area (Å²) < 4.78 is 28.1. The van der Waals surface area contributed by atoms with Crippen LogP contribution in [0.15, 0.2) is 12.2 Å². The minimum Gasteiger partial charge on any atom is -0.270 e. The monoisotopic (exact) mass is 388 g/mol. The van der Waals surface area contributed by atoms with Crippen LogP contribution in [0.3, 0.4) is 0 Å². The SMILES string of the molecule is CCCCCCCC/C=C\CCCCCCCCOS(=O)(=O)CCCC. The van der Waals surface area contributed by atoms with E-state index < -0.39 is 10.1 Å².